The maximum atomic E-state index is 12.0. The van der Waals surface area contributed by atoms with Crippen LogP contribution < -0.4 is 10.1 Å². The lowest BCUT2D eigenvalue weighted by Gasteiger charge is -2.22. The number of amides is 1. The number of carbonyl (C=O) groups is 1. The summed E-state index contributed by atoms with van der Waals surface area (Å²) < 4.78 is 10.1. The predicted molar refractivity (Wildman–Crippen MR) is 80.5 cm³/mol. The zero-order valence-corrected chi connectivity index (χ0v) is 12.8. The van der Waals surface area contributed by atoms with Gasteiger partial charge in [-0.1, -0.05) is 39.0 Å². The molecule has 2 aromatic rings. The van der Waals surface area contributed by atoms with Crippen molar-refractivity contribution < 1.29 is 14.1 Å². The molecule has 0 unspecified atom stereocenters. The molecule has 21 heavy (non-hydrogen) atoms. The van der Waals surface area contributed by atoms with Crippen LogP contribution in [0.3, 0.4) is 0 Å². The monoisotopic (exact) mass is 288 g/mol. The summed E-state index contributed by atoms with van der Waals surface area (Å²) >= 11 is 0. The quantitative estimate of drug-likeness (QED) is 0.937. The Balaban J connectivity index is 2.00. The van der Waals surface area contributed by atoms with E-state index in [4.69, 9.17) is 9.26 Å². The molecule has 1 aromatic heterocycles. The first-order valence-electron chi connectivity index (χ1n) is 6.82. The van der Waals surface area contributed by atoms with Crippen molar-refractivity contribution in [1.29, 1.82) is 0 Å². The summed E-state index contributed by atoms with van der Waals surface area (Å²) in [4.78, 5) is 12.0. The van der Waals surface area contributed by atoms with Gasteiger partial charge < -0.3 is 14.6 Å². The summed E-state index contributed by atoms with van der Waals surface area (Å²) in [6.45, 7) is 7.97. The molecule has 112 valence electrons. The molecular weight excluding hydrogens is 268 g/mol. The van der Waals surface area contributed by atoms with Gasteiger partial charge in [-0.3, -0.25) is 4.79 Å². The minimum Gasteiger partial charge on any atom is -0.465 e. The molecule has 0 radical (unpaired) electrons. The van der Waals surface area contributed by atoms with Crippen molar-refractivity contribution in [2.24, 2.45) is 0 Å². The maximum Gasteiger partial charge on any atom is 0.262 e. The van der Waals surface area contributed by atoms with Crippen LogP contribution in [0.4, 0.5) is 5.69 Å². The van der Waals surface area contributed by atoms with Crippen molar-refractivity contribution >= 4 is 11.6 Å². The van der Waals surface area contributed by atoms with E-state index >= 15 is 0 Å². The van der Waals surface area contributed by atoms with Crippen molar-refractivity contribution in [3.05, 3.63) is 41.7 Å². The number of rotatable bonds is 4. The van der Waals surface area contributed by atoms with Crippen LogP contribution in [0.15, 0.2) is 34.9 Å². The number of anilines is 1. The normalized spacial score (nSPS) is 11.2. The van der Waals surface area contributed by atoms with Crippen LogP contribution in [0.1, 0.15) is 32.1 Å². The fourth-order valence-electron chi connectivity index (χ4n) is 1.98. The second-order valence-electron chi connectivity index (χ2n) is 5.91. The molecule has 1 amide bonds. The highest BCUT2D eigenvalue weighted by molar-refractivity contribution is 5.92. The fourth-order valence-corrected chi connectivity index (χ4v) is 1.98. The van der Waals surface area contributed by atoms with Crippen molar-refractivity contribution in [1.82, 2.24) is 5.16 Å². The highest BCUT2D eigenvalue weighted by atomic mass is 16.5. The van der Waals surface area contributed by atoms with Crippen molar-refractivity contribution in [3.8, 4) is 5.88 Å². The van der Waals surface area contributed by atoms with E-state index in [2.05, 4.69) is 31.2 Å². The maximum absolute atomic E-state index is 12.0. The summed E-state index contributed by atoms with van der Waals surface area (Å²) in [7, 11) is 0. The lowest BCUT2D eigenvalue weighted by Crippen LogP contribution is -2.23. The number of ether oxygens (including phenoxy) is 1. The van der Waals surface area contributed by atoms with Crippen LogP contribution in [0.5, 0.6) is 5.88 Å². The standard InChI is InChI=1S/C16H20N2O3/c1-11-9-15(18-21-11)20-10-14(19)17-13-8-6-5-7-12(13)16(2,3)4/h5-9H,10H2,1-4H3,(H,17,19). The summed E-state index contributed by atoms with van der Waals surface area (Å²) in [6.07, 6.45) is 0. The molecule has 0 saturated heterocycles. The Labute approximate surface area is 124 Å². The van der Waals surface area contributed by atoms with Gasteiger partial charge in [0.05, 0.1) is 0 Å². The van der Waals surface area contributed by atoms with Gasteiger partial charge in [-0.15, -0.1) is 0 Å². The summed E-state index contributed by atoms with van der Waals surface area (Å²) in [5, 5.41) is 6.55. The number of aromatic nitrogens is 1. The highest BCUT2D eigenvalue weighted by Crippen LogP contribution is 2.29. The molecule has 0 atom stereocenters. The van der Waals surface area contributed by atoms with Gasteiger partial charge in [-0.25, -0.2) is 0 Å². The Hall–Kier alpha value is -2.30. The average Bonchev–Trinajstić information content (AvgIpc) is 2.82. The van der Waals surface area contributed by atoms with E-state index in [0.29, 0.717) is 11.6 Å². The van der Waals surface area contributed by atoms with Crippen LogP contribution >= 0.6 is 0 Å². The first-order valence-corrected chi connectivity index (χ1v) is 6.82. The van der Waals surface area contributed by atoms with E-state index < -0.39 is 0 Å². The molecule has 0 bridgehead atoms. The first kappa shape index (κ1) is 15.1. The molecule has 2 rings (SSSR count). The number of nitrogens with zero attached hydrogens (tertiary/aromatic N) is 1. The van der Waals surface area contributed by atoms with Crippen molar-refractivity contribution in [2.45, 2.75) is 33.1 Å². The molecule has 0 saturated carbocycles. The van der Waals surface area contributed by atoms with E-state index in [-0.39, 0.29) is 17.9 Å². The van der Waals surface area contributed by atoms with Gasteiger partial charge in [0.2, 0.25) is 0 Å². The van der Waals surface area contributed by atoms with E-state index in [1.165, 1.54) is 0 Å². The van der Waals surface area contributed by atoms with E-state index in [1.54, 1.807) is 13.0 Å². The SMILES string of the molecule is Cc1cc(OCC(=O)Nc2ccccc2C(C)(C)C)no1. The van der Waals surface area contributed by atoms with E-state index in [0.717, 1.165) is 11.3 Å². The topological polar surface area (TPSA) is 64.4 Å². The molecular formula is C16H20N2O3. The van der Waals surface area contributed by atoms with E-state index in [1.807, 2.05) is 24.3 Å². The van der Waals surface area contributed by atoms with Crippen LogP contribution in [-0.4, -0.2) is 17.7 Å². The molecule has 0 aliphatic heterocycles. The number of hydrogen-bond donors (Lipinski definition) is 1. The van der Waals surface area contributed by atoms with Crippen LogP contribution in [-0.2, 0) is 10.2 Å². The van der Waals surface area contributed by atoms with Crippen LogP contribution in [0.25, 0.3) is 0 Å². The third-order valence-corrected chi connectivity index (χ3v) is 2.97. The Kier molecular flexibility index (Phi) is 4.31. The largest absolute Gasteiger partial charge is 0.465 e. The number of carbonyl (C=O) groups excluding carboxylic acids is 1. The first-order chi connectivity index (χ1) is 9.86. The lowest BCUT2D eigenvalue weighted by molar-refractivity contribution is -0.118. The molecule has 0 aliphatic rings. The molecule has 0 fully saturated rings. The van der Waals surface area contributed by atoms with Crippen LogP contribution in [0, 0.1) is 6.92 Å². The zero-order valence-electron chi connectivity index (χ0n) is 12.8. The predicted octanol–water partition coefficient (Wildman–Crippen LogP) is 3.30. The average molecular weight is 288 g/mol. The minimum absolute atomic E-state index is 0.0477. The van der Waals surface area contributed by atoms with Gasteiger partial charge in [-0.05, 0) is 29.1 Å². The number of para-hydroxylation sites is 1. The molecule has 1 N–H and O–H groups in total. The number of benzene rings is 1. The third-order valence-electron chi connectivity index (χ3n) is 2.97. The summed E-state index contributed by atoms with van der Waals surface area (Å²) in [5.74, 6) is 0.725. The summed E-state index contributed by atoms with van der Waals surface area (Å²) in [5.41, 5.74) is 1.83. The van der Waals surface area contributed by atoms with Gasteiger partial charge in [0.25, 0.3) is 11.8 Å². The smallest absolute Gasteiger partial charge is 0.262 e. The number of aryl methyl sites for hydroxylation is 1. The minimum atomic E-state index is -0.229. The molecule has 5 nitrogen and oxygen atoms in total. The third kappa shape index (κ3) is 4.08. The molecule has 1 aromatic carbocycles. The van der Waals surface area contributed by atoms with Gasteiger partial charge >= 0.3 is 0 Å². The Bertz CT molecular complexity index is 626. The Morgan fingerprint density at radius 2 is 2.05 bits per heavy atom. The molecule has 5 heteroatoms. The van der Waals surface area contributed by atoms with Crippen molar-refractivity contribution in [3.63, 3.8) is 0 Å². The Morgan fingerprint density at radius 1 is 1.33 bits per heavy atom. The molecule has 1 heterocycles. The fraction of sp³-hybridized carbons (Fsp3) is 0.375. The summed E-state index contributed by atoms with van der Waals surface area (Å²) in [6, 6.07) is 9.39. The second-order valence-corrected chi connectivity index (χ2v) is 5.91. The number of nitrogens with one attached hydrogen (secondary N) is 1. The second kappa shape index (κ2) is 5.99. The van der Waals surface area contributed by atoms with Gasteiger partial charge in [0, 0.05) is 11.8 Å². The van der Waals surface area contributed by atoms with Crippen molar-refractivity contribution in [2.75, 3.05) is 11.9 Å². The van der Waals surface area contributed by atoms with Gasteiger partial charge in [0.15, 0.2) is 6.61 Å². The van der Waals surface area contributed by atoms with E-state index in [9.17, 15) is 4.79 Å². The molecule has 0 aliphatic carbocycles. The lowest BCUT2D eigenvalue weighted by atomic mass is 9.86. The zero-order chi connectivity index (χ0) is 15.5. The highest BCUT2D eigenvalue weighted by Gasteiger charge is 2.18. The van der Waals surface area contributed by atoms with Gasteiger partial charge in [0.1, 0.15) is 5.76 Å². The van der Waals surface area contributed by atoms with Crippen LogP contribution in [0.2, 0.25) is 0 Å². The molecule has 0 spiro atoms. The van der Waals surface area contributed by atoms with Gasteiger partial charge in [-0.2, -0.15) is 0 Å². The Morgan fingerprint density at radius 3 is 2.67 bits per heavy atom. The number of hydrogen-bond acceptors (Lipinski definition) is 4.